The first-order chi connectivity index (χ1) is 7.21. The monoisotopic (exact) mass is 245 g/mol. The zero-order valence-electron chi connectivity index (χ0n) is 9.40. The van der Waals surface area contributed by atoms with Gasteiger partial charge in [0.15, 0.2) is 9.84 Å². The maximum Gasteiger partial charge on any atom is 0.178 e. The fraction of sp³-hybridized carbons (Fsp3) is 0.455. The van der Waals surface area contributed by atoms with Crippen LogP contribution in [0.25, 0.3) is 0 Å². The minimum atomic E-state index is -3.36. The summed E-state index contributed by atoms with van der Waals surface area (Å²) in [4.78, 5) is 0.137. The number of hydrogen-bond donors (Lipinski definition) is 1. The maximum atomic E-state index is 12.6. The highest BCUT2D eigenvalue weighted by Gasteiger charge is 2.19. The largest absolute Gasteiger partial charge is 0.326 e. The van der Waals surface area contributed by atoms with Crippen LogP contribution in [0.2, 0.25) is 0 Å². The highest BCUT2D eigenvalue weighted by Crippen LogP contribution is 2.15. The Morgan fingerprint density at radius 2 is 1.75 bits per heavy atom. The minimum absolute atomic E-state index is 0.0257. The van der Waals surface area contributed by atoms with Crippen LogP contribution in [0.15, 0.2) is 29.2 Å². The van der Waals surface area contributed by atoms with Gasteiger partial charge in [-0.1, -0.05) is 0 Å². The van der Waals surface area contributed by atoms with Gasteiger partial charge in [-0.15, -0.1) is 0 Å². The average Bonchev–Trinajstić information content (AvgIpc) is 2.15. The predicted octanol–water partition coefficient (Wildman–Crippen LogP) is 1.73. The van der Waals surface area contributed by atoms with E-state index < -0.39 is 21.2 Å². The highest BCUT2D eigenvalue weighted by atomic mass is 32.2. The molecule has 0 saturated heterocycles. The van der Waals surface area contributed by atoms with Crippen molar-refractivity contribution in [2.75, 3.05) is 5.75 Å². The summed E-state index contributed by atoms with van der Waals surface area (Å²) < 4.78 is 36.3. The first-order valence-electron chi connectivity index (χ1n) is 4.98. The van der Waals surface area contributed by atoms with E-state index in [2.05, 4.69) is 0 Å². The third-order valence-electron chi connectivity index (χ3n) is 2.19. The Bertz CT molecular complexity index is 446. The average molecular weight is 245 g/mol. The zero-order valence-corrected chi connectivity index (χ0v) is 10.2. The fourth-order valence-corrected chi connectivity index (χ4v) is 2.74. The van der Waals surface area contributed by atoms with Gasteiger partial charge in [-0.25, -0.2) is 12.8 Å². The van der Waals surface area contributed by atoms with Crippen LogP contribution in [0, 0.1) is 5.82 Å². The second kappa shape index (κ2) is 4.51. The molecule has 0 bridgehead atoms. The van der Waals surface area contributed by atoms with Crippen molar-refractivity contribution in [1.29, 1.82) is 0 Å². The predicted molar refractivity (Wildman–Crippen MR) is 61.3 cm³/mol. The lowest BCUT2D eigenvalue weighted by Crippen LogP contribution is -2.34. The molecule has 90 valence electrons. The van der Waals surface area contributed by atoms with Crippen molar-refractivity contribution in [3.8, 4) is 0 Å². The van der Waals surface area contributed by atoms with Crippen molar-refractivity contribution < 1.29 is 12.8 Å². The molecule has 0 radical (unpaired) electrons. The first kappa shape index (κ1) is 13.1. The molecular weight excluding hydrogens is 229 g/mol. The van der Waals surface area contributed by atoms with Gasteiger partial charge in [0, 0.05) is 5.54 Å². The van der Waals surface area contributed by atoms with Gasteiger partial charge in [0.1, 0.15) is 5.82 Å². The maximum absolute atomic E-state index is 12.6. The van der Waals surface area contributed by atoms with E-state index in [0.717, 1.165) is 12.1 Å². The van der Waals surface area contributed by atoms with E-state index >= 15 is 0 Å². The van der Waals surface area contributed by atoms with Gasteiger partial charge in [0.25, 0.3) is 0 Å². The second-order valence-electron chi connectivity index (χ2n) is 4.51. The van der Waals surface area contributed by atoms with Gasteiger partial charge >= 0.3 is 0 Å². The van der Waals surface area contributed by atoms with E-state index in [0.29, 0.717) is 6.42 Å². The molecule has 0 heterocycles. The summed E-state index contributed by atoms with van der Waals surface area (Å²) in [5, 5.41) is 0. The van der Waals surface area contributed by atoms with Gasteiger partial charge in [-0.2, -0.15) is 0 Å². The Morgan fingerprint density at radius 3 is 2.19 bits per heavy atom. The number of sulfone groups is 1. The van der Waals surface area contributed by atoms with Gasteiger partial charge in [0.2, 0.25) is 0 Å². The molecule has 16 heavy (non-hydrogen) atoms. The summed E-state index contributed by atoms with van der Waals surface area (Å²) in [6.07, 6.45) is 0.368. The lowest BCUT2D eigenvalue weighted by atomic mass is 10.0. The minimum Gasteiger partial charge on any atom is -0.326 e. The van der Waals surface area contributed by atoms with Crippen LogP contribution in [0.5, 0.6) is 0 Å². The highest BCUT2D eigenvalue weighted by molar-refractivity contribution is 7.91. The number of rotatable bonds is 4. The molecular formula is C11H16FNO2S. The smallest absolute Gasteiger partial charge is 0.178 e. The molecule has 0 unspecified atom stereocenters. The molecule has 0 aliphatic carbocycles. The second-order valence-corrected chi connectivity index (χ2v) is 6.62. The Hall–Kier alpha value is -0.940. The molecule has 0 atom stereocenters. The molecule has 0 spiro atoms. The number of hydrogen-bond acceptors (Lipinski definition) is 3. The van der Waals surface area contributed by atoms with Gasteiger partial charge in [0.05, 0.1) is 10.6 Å². The van der Waals surface area contributed by atoms with Crippen LogP contribution in [-0.2, 0) is 9.84 Å². The number of benzene rings is 1. The Labute approximate surface area is 95.4 Å². The molecule has 0 aromatic heterocycles. The Balaban J connectivity index is 2.83. The standard InChI is InChI=1S/C11H16FNO2S/c1-11(2,13)7-8-16(14,15)10-5-3-9(12)4-6-10/h3-6H,7-8,13H2,1-2H3. The van der Waals surface area contributed by atoms with Crippen molar-refractivity contribution in [2.45, 2.75) is 30.7 Å². The summed E-state index contributed by atoms with van der Waals surface area (Å²) >= 11 is 0. The summed E-state index contributed by atoms with van der Waals surface area (Å²) in [6, 6.07) is 4.82. The van der Waals surface area contributed by atoms with Crippen LogP contribution in [0.4, 0.5) is 4.39 Å². The normalized spacial score (nSPS) is 12.8. The molecule has 0 saturated carbocycles. The molecule has 5 heteroatoms. The molecule has 0 aliphatic rings. The summed E-state index contributed by atoms with van der Waals surface area (Å²) in [7, 11) is -3.36. The lowest BCUT2D eigenvalue weighted by Gasteiger charge is -2.17. The summed E-state index contributed by atoms with van der Waals surface area (Å²) in [5.41, 5.74) is 5.20. The van der Waals surface area contributed by atoms with Crippen molar-refractivity contribution in [1.82, 2.24) is 0 Å². The van der Waals surface area contributed by atoms with E-state index in [1.807, 2.05) is 0 Å². The molecule has 2 N–H and O–H groups in total. The van der Waals surface area contributed by atoms with Crippen LogP contribution in [0.1, 0.15) is 20.3 Å². The van der Waals surface area contributed by atoms with E-state index in [1.54, 1.807) is 13.8 Å². The molecule has 0 amide bonds. The van der Waals surface area contributed by atoms with Crippen LogP contribution in [-0.4, -0.2) is 19.7 Å². The lowest BCUT2D eigenvalue weighted by molar-refractivity contribution is 0.495. The third-order valence-corrected chi connectivity index (χ3v) is 3.92. The van der Waals surface area contributed by atoms with Gasteiger partial charge in [-0.3, -0.25) is 0 Å². The Morgan fingerprint density at radius 1 is 1.25 bits per heavy atom. The van der Waals surface area contributed by atoms with Crippen LogP contribution < -0.4 is 5.73 Å². The first-order valence-corrected chi connectivity index (χ1v) is 6.63. The zero-order chi connectivity index (χ0) is 12.4. The molecule has 1 rings (SSSR count). The topological polar surface area (TPSA) is 60.2 Å². The third kappa shape index (κ3) is 3.90. The molecule has 0 fully saturated rings. The SMILES string of the molecule is CC(C)(N)CCS(=O)(=O)c1ccc(F)cc1. The van der Waals surface area contributed by atoms with Crippen molar-refractivity contribution in [3.63, 3.8) is 0 Å². The summed E-state index contributed by atoms with van der Waals surface area (Å²) in [5.74, 6) is -0.472. The molecule has 0 aliphatic heterocycles. The molecule has 1 aromatic rings. The Kier molecular flexibility index (Phi) is 3.70. The van der Waals surface area contributed by atoms with Crippen molar-refractivity contribution >= 4 is 9.84 Å². The quantitative estimate of drug-likeness (QED) is 0.822. The van der Waals surface area contributed by atoms with Crippen LogP contribution in [0.3, 0.4) is 0 Å². The number of halogens is 1. The number of nitrogens with two attached hydrogens (primary N) is 1. The molecule has 1 aromatic carbocycles. The van der Waals surface area contributed by atoms with Crippen LogP contribution >= 0.6 is 0 Å². The van der Waals surface area contributed by atoms with Crippen molar-refractivity contribution in [2.24, 2.45) is 5.73 Å². The summed E-state index contributed by atoms with van der Waals surface area (Å²) in [6.45, 7) is 3.54. The van der Waals surface area contributed by atoms with E-state index in [-0.39, 0.29) is 10.6 Å². The molecule has 3 nitrogen and oxygen atoms in total. The fourth-order valence-electron chi connectivity index (χ4n) is 1.16. The van der Waals surface area contributed by atoms with Crippen molar-refractivity contribution in [3.05, 3.63) is 30.1 Å². The van der Waals surface area contributed by atoms with Gasteiger partial charge in [-0.05, 0) is 44.5 Å². The van der Waals surface area contributed by atoms with E-state index in [1.165, 1.54) is 12.1 Å². The van der Waals surface area contributed by atoms with E-state index in [9.17, 15) is 12.8 Å². The van der Waals surface area contributed by atoms with E-state index in [4.69, 9.17) is 5.73 Å². The van der Waals surface area contributed by atoms with Gasteiger partial charge < -0.3 is 5.73 Å².